The van der Waals surface area contributed by atoms with Crippen LogP contribution in [-0.2, 0) is 0 Å². The summed E-state index contributed by atoms with van der Waals surface area (Å²) in [6.07, 6.45) is 4.71. The lowest BCUT2D eigenvalue weighted by atomic mass is 10.2. The maximum atomic E-state index is 12.0. The third-order valence-electron chi connectivity index (χ3n) is 2.86. The summed E-state index contributed by atoms with van der Waals surface area (Å²) in [7, 11) is 0. The summed E-state index contributed by atoms with van der Waals surface area (Å²) >= 11 is 5.64. The summed E-state index contributed by atoms with van der Waals surface area (Å²) in [6, 6.07) is 6.19. The summed E-state index contributed by atoms with van der Waals surface area (Å²) < 4.78 is 1.95. The fraction of sp³-hybridized carbons (Fsp3) is 0.417. The van der Waals surface area contributed by atoms with E-state index in [-0.39, 0.29) is 5.91 Å². The summed E-state index contributed by atoms with van der Waals surface area (Å²) in [6.45, 7) is 0. The van der Waals surface area contributed by atoms with Gasteiger partial charge in [-0.15, -0.1) is 0 Å². The van der Waals surface area contributed by atoms with E-state index in [2.05, 4.69) is 43.8 Å². The van der Waals surface area contributed by atoms with Crippen molar-refractivity contribution < 1.29 is 4.79 Å². The highest BCUT2D eigenvalue weighted by molar-refractivity contribution is 14.1. The zero-order valence-electron chi connectivity index (χ0n) is 8.80. The molecule has 16 heavy (non-hydrogen) atoms. The molecule has 0 aromatic heterocycles. The molecule has 0 aliphatic heterocycles. The van der Waals surface area contributed by atoms with Gasteiger partial charge in [0.25, 0.3) is 5.91 Å². The largest absolute Gasteiger partial charge is 0.349 e. The molecule has 1 fully saturated rings. The van der Waals surface area contributed by atoms with Crippen LogP contribution in [0.25, 0.3) is 0 Å². The molecular weight excluding hydrogens is 381 g/mol. The molecule has 1 aromatic carbocycles. The SMILES string of the molecule is O=C(NC1CCCC1)c1cc(I)ccc1Br. The van der Waals surface area contributed by atoms with E-state index >= 15 is 0 Å². The van der Waals surface area contributed by atoms with Gasteiger partial charge in [-0.05, 0) is 69.6 Å². The van der Waals surface area contributed by atoms with Crippen molar-refractivity contribution >= 4 is 44.4 Å². The van der Waals surface area contributed by atoms with Gasteiger partial charge < -0.3 is 5.32 Å². The number of hydrogen-bond acceptors (Lipinski definition) is 1. The molecule has 86 valence electrons. The summed E-state index contributed by atoms with van der Waals surface area (Å²) in [4.78, 5) is 12.0. The Hall–Kier alpha value is -0.100. The number of rotatable bonds is 2. The predicted molar refractivity (Wildman–Crippen MR) is 76.6 cm³/mol. The van der Waals surface area contributed by atoms with Gasteiger partial charge in [-0.1, -0.05) is 12.8 Å². The highest BCUT2D eigenvalue weighted by Gasteiger charge is 2.19. The van der Waals surface area contributed by atoms with Crippen molar-refractivity contribution in [2.45, 2.75) is 31.7 Å². The van der Waals surface area contributed by atoms with Crippen LogP contribution in [0, 0.1) is 3.57 Å². The second-order valence-corrected chi connectivity index (χ2v) is 6.18. The molecule has 0 saturated heterocycles. The molecule has 1 aliphatic carbocycles. The zero-order chi connectivity index (χ0) is 11.5. The summed E-state index contributed by atoms with van der Waals surface area (Å²) in [5, 5.41) is 3.09. The van der Waals surface area contributed by atoms with Crippen LogP contribution in [0.5, 0.6) is 0 Å². The first-order valence-corrected chi connectivity index (χ1v) is 7.30. The van der Waals surface area contributed by atoms with Crippen molar-refractivity contribution in [3.63, 3.8) is 0 Å². The average Bonchev–Trinajstić information content (AvgIpc) is 2.74. The van der Waals surface area contributed by atoms with Gasteiger partial charge in [0.1, 0.15) is 0 Å². The van der Waals surface area contributed by atoms with Gasteiger partial charge in [-0.25, -0.2) is 0 Å². The minimum Gasteiger partial charge on any atom is -0.349 e. The van der Waals surface area contributed by atoms with Gasteiger partial charge in [0, 0.05) is 14.1 Å². The van der Waals surface area contributed by atoms with E-state index in [1.807, 2.05) is 18.2 Å². The second kappa shape index (κ2) is 5.49. The number of hydrogen-bond donors (Lipinski definition) is 1. The normalized spacial score (nSPS) is 16.4. The molecule has 1 saturated carbocycles. The molecule has 0 unspecified atom stereocenters. The van der Waals surface area contributed by atoms with Gasteiger partial charge >= 0.3 is 0 Å². The van der Waals surface area contributed by atoms with E-state index in [4.69, 9.17) is 0 Å². The molecule has 0 atom stereocenters. The van der Waals surface area contributed by atoms with Crippen LogP contribution >= 0.6 is 38.5 Å². The van der Waals surface area contributed by atoms with Crippen molar-refractivity contribution in [1.29, 1.82) is 0 Å². The lowest BCUT2D eigenvalue weighted by Gasteiger charge is -2.12. The molecule has 0 spiro atoms. The maximum absolute atomic E-state index is 12.0. The second-order valence-electron chi connectivity index (χ2n) is 4.08. The van der Waals surface area contributed by atoms with Crippen LogP contribution in [0.1, 0.15) is 36.0 Å². The minimum atomic E-state index is 0.0392. The molecular formula is C12H13BrINO. The number of halogens is 2. The van der Waals surface area contributed by atoms with Crippen LogP contribution in [0.4, 0.5) is 0 Å². The Labute approximate surface area is 117 Å². The van der Waals surface area contributed by atoms with Crippen LogP contribution < -0.4 is 5.32 Å². The van der Waals surface area contributed by atoms with E-state index in [0.29, 0.717) is 6.04 Å². The average molecular weight is 394 g/mol. The highest BCUT2D eigenvalue weighted by atomic mass is 127. The maximum Gasteiger partial charge on any atom is 0.252 e. The van der Waals surface area contributed by atoms with Gasteiger partial charge in [0.15, 0.2) is 0 Å². The number of benzene rings is 1. The fourth-order valence-corrected chi connectivity index (χ4v) is 2.92. The van der Waals surface area contributed by atoms with E-state index < -0.39 is 0 Å². The van der Waals surface area contributed by atoms with E-state index in [9.17, 15) is 4.79 Å². The van der Waals surface area contributed by atoms with Gasteiger partial charge in [0.2, 0.25) is 0 Å². The summed E-state index contributed by atoms with van der Waals surface area (Å²) in [5.74, 6) is 0.0392. The molecule has 2 rings (SSSR count). The minimum absolute atomic E-state index is 0.0392. The van der Waals surface area contributed by atoms with Crippen LogP contribution in [0.3, 0.4) is 0 Å². The Bertz CT molecular complexity index is 402. The van der Waals surface area contributed by atoms with Gasteiger partial charge in [-0.3, -0.25) is 4.79 Å². The Morgan fingerprint density at radius 3 is 2.75 bits per heavy atom. The first kappa shape index (κ1) is 12.4. The lowest BCUT2D eigenvalue weighted by molar-refractivity contribution is 0.0937. The third-order valence-corrected chi connectivity index (χ3v) is 4.23. The van der Waals surface area contributed by atoms with Gasteiger partial charge in [0.05, 0.1) is 5.56 Å². The molecule has 4 heteroatoms. The Kier molecular flexibility index (Phi) is 4.24. The smallest absolute Gasteiger partial charge is 0.252 e. The van der Waals surface area contributed by atoms with Crippen molar-refractivity contribution in [1.82, 2.24) is 5.32 Å². The first-order chi connectivity index (χ1) is 7.66. The Balaban J connectivity index is 2.10. The quantitative estimate of drug-likeness (QED) is 0.762. The van der Waals surface area contributed by atoms with Crippen LogP contribution in [0.15, 0.2) is 22.7 Å². The number of amides is 1. The van der Waals surface area contributed by atoms with E-state index in [1.165, 1.54) is 12.8 Å². The first-order valence-electron chi connectivity index (χ1n) is 5.43. The van der Waals surface area contributed by atoms with Crippen molar-refractivity contribution in [2.24, 2.45) is 0 Å². The fourth-order valence-electron chi connectivity index (χ4n) is 2.00. The Morgan fingerprint density at radius 1 is 1.38 bits per heavy atom. The molecule has 0 bridgehead atoms. The van der Waals surface area contributed by atoms with Gasteiger partial charge in [-0.2, -0.15) is 0 Å². The third kappa shape index (κ3) is 2.97. The number of carbonyl (C=O) groups excluding carboxylic acids is 1. The Morgan fingerprint density at radius 2 is 2.06 bits per heavy atom. The van der Waals surface area contributed by atoms with Crippen molar-refractivity contribution in [3.05, 3.63) is 31.8 Å². The van der Waals surface area contributed by atoms with Crippen molar-refractivity contribution in [3.8, 4) is 0 Å². The van der Waals surface area contributed by atoms with Crippen LogP contribution in [0.2, 0.25) is 0 Å². The van der Waals surface area contributed by atoms with E-state index in [0.717, 1.165) is 26.4 Å². The standard InChI is InChI=1S/C12H13BrINO/c13-11-6-5-8(14)7-10(11)12(16)15-9-3-1-2-4-9/h5-7,9H,1-4H2,(H,15,16). The molecule has 0 radical (unpaired) electrons. The van der Waals surface area contributed by atoms with E-state index in [1.54, 1.807) is 0 Å². The molecule has 0 heterocycles. The number of carbonyl (C=O) groups is 1. The zero-order valence-corrected chi connectivity index (χ0v) is 12.5. The molecule has 1 aromatic rings. The molecule has 1 amide bonds. The van der Waals surface area contributed by atoms with Crippen LogP contribution in [-0.4, -0.2) is 11.9 Å². The molecule has 2 nitrogen and oxygen atoms in total. The molecule has 1 aliphatic rings. The topological polar surface area (TPSA) is 29.1 Å². The monoisotopic (exact) mass is 393 g/mol. The molecule has 1 N–H and O–H groups in total. The predicted octanol–water partition coefficient (Wildman–Crippen LogP) is 3.73. The van der Waals surface area contributed by atoms with Crippen molar-refractivity contribution in [2.75, 3.05) is 0 Å². The summed E-state index contributed by atoms with van der Waals surface area (Å²) in [5.41, 5.74) is 0.735. The lowest BCUT2D eigenvalue weighted by Crippen LogP contribution is -2.32. The highest BCUT2D eigenvalue weighted by Crippen LogP contribution is 2.22. The number of nitrogens with one attached hydrogen (secondary N) is 1.